The zero-order valence-electron chi connectivity index (χ0n) is 7.48. The van der Waals surface area contributed by atoms with Crippen molar-refractivity contribution in [3.8, 4) is 0 Å². The standard InChI is InChI=1S/C6H13NO5S/c1-5(6(8)9)7-13(10,11)4-3-12-2/h5,7H,3-4H2,1-2H3,(H,8,9)/t5-/m1/s1. The van der Waals surface area contributed by atoms with E-state index in [1.807, 2.05) is 4.72 Å². The van der Waals surface area contributed by atoms with Crippen molar-refractivity contribution >= 4 is 16.0 Å². The number of hydrogen-bond donors (Lipinski definition) is 2. The first-order valence-electron chi connectivity index (χ1n) is 3.61. The Kier molecular flexibility index (Phi) is 4.89. The van der Waals surface area contributed by atoms with E-state index >= 15 is 0 Å². The van der Waals surface area contributed by atoms with Gasteiger partial charge in [0.2, 0.25) is 10.0 Å². The second-order valence-electron chi connectivity index (χ2n) is 2.49. The average molecular weight is 211 g/mol. The second-order valence-corrected chi connectivity index (χ2v) is 4.36. The van der Waals surface area contributed by atoms with Crippen molar-refractivity contribution < 1.29 is 23.1 Å². The molecule has 0 unspecified atom stereocenters. The first-order chi connectivity index (χ1) is 5.89. The fraction of sp³-hybridized carbons (Fsp3) is 0.833. The molecule has 0 aromatic heterocycles. The summed E-state index contributed by atoms with van der Waals surface area (Å²) in [6.07, 6.45) is 0. The molecule has 0 saturated heterocycles. The van der Waals surface area contributed by atoms with Gasteiger partial charge in [0, 0.05) is 7.11 Å². The van der Waals surface area contributed by atoms with Gasteiger partial charge in [0.05, 0.1) is 12.4 Å². The summed E-state index contributed by atoms with van der Waals surface area (Å²) in [4.78, 5) is 10.3. The fourth-order valence-electron chi connectivity index (χ4n) is 0.572. The molecule has 78 valence electrons. The lowest BCUT2D eigenvalue weighted by Crippen LogP contribution is -2.40. The van der Waals surface area contributed by atoms with Gasteiger partial charge in [-0.25, -0.2) is 13.1 Å². The predicted octanol–water partition coefficient (Wildman–Crippen LogP) is -0.975. The van der Waals surface area contributed by atoms with Gasteiger partial charge in [-0.15, -0.1) is 0 Å². The molecule has 0 bridgehead atoms. The number of hydrogen-bond acceptors (Lipinski definition) is 4. The quantitative estimate of drug-likeness (QED) is 0.589. The Balaban J connectivity index is 4.10. The van der Waals surface area contributed by atoms with Gasteiger partial charge >= 0.3 is 5.97 Å². The van der Waals surface area contributed by atoms with Crippen LogP contribution in [0.3, 0.4) is 0 Å². The normalized spacial score (nSPS) is 14.0. The molecule has 0 heterocycles. The number of rotatable bonds is 6. The maximum atomic E-state index is 11.0. The topological polar surface area (TPSA) is 92.7 Å². The zero-order valence-corrected chi connectivity index (χ0v) is 8.30. The van der Waals surface area contributed by atoms with Crippen LogP contribution in [0.1, 0.15) is 6.92 Å². The monoisotopic (exact) mass is 211 g/mol. The summed E-state index contributed by atoms with van der Waals surface area (Å²) in [5, 5.41) is 8.41. The number of sulfonamides is 1. The van der Waals surface area contributed by atoms with Crippen molar-refractivity contribution in [2.45, 2.75) is 13.0 Å². The molecule has 0 rings (SSSR count). The summed E-state index contributed by atoms with van der Waals surface area (Å²) in [5.41, 5.74) is 0. The van der Waals surface area contributed by atoms with E-state index < -0.39 is 22.0 Å². The summed E-state index contributed by atoms with van der Waals surface area (Å²) in [7, 11) is -2.17. The van der Waals surface area contributed by atoms with E-state index in [0.717, 1.165) is 0 Å². The summed E-state index contributed by atoms with van der Waals surface area (Å²) in [6.45, 7) is 1.30. The fourth-order valence-corrected chi connectivity index (χ4v) is 1.72. The van der Waals surface area contributed by atoms with Crippen molar-refractivity contribution in [3.05, 3.63) is 0 Å². The number of ether oxygens (including phenoxy) is 1. The zero-order chi connectivity index (χ0) is 10.5. The minimum absolute atomic E-state index is 0.0433. The van der Waals surface area contributed by atoms with E-state index in [1.54, 1.807) is 0 Å². The van der Waals surface area contributed by atoms with Crippen molar-refractivity contribution in [3.63, 3.8) is 0 Å². The van der Waals surface area contributed by atoms with Gasteiger partial charge in [0.15, 0.2) is 0 Å². The molecule has 0 saturated carbocycles. The summed E-state index contributed by atoms with van der Waals surface area (Å²) < 4.78 is 28.6. The molecule has 13 heavy (non-hydrogen) atoms. The van der Waals surface area contributed by atoms with Gasteiger partial charge in [0.1, 0.15) is 6.04 Å². The molecule has 1 atom stereocenters. The molecular formula is C6H13NO5S. The second kappa shape index (κ2) is 5.15. The van der Waals surface area contributed by atoms with Gasteiger partial charge in [-0.3, -0.25) is 4.79 Å². The van der Waals surface area contributed by atoms with Gasteiger partial charge in [0.25, 0.3) is 0 Å². The maximum absolute atomic E-state index is 11.0. The van der Waals surface area contributed by atoms with Gasteiger partial charge in [-0.1, -0.05) is 0 Å². The molecule has 0 aliphatic carbocycles. The Bertz CT molecular complexity index is 260. The lowest BCUT2D eigenvalue weighted by molar-refractivity contribution is -0.138. The molecule has 7 heteroatoms. The SMILES string of the molecule is COCCS(=O)(=O)N[C@H](C)C(=O)O. The van der Waals surface area contributed by atoms with Crippen LogP contribution in [0, 0.1) is 0 Å². The number of methoxy groups -OCH3 is 1. The molecule has 0 spiro atoms. The third-order valence-corrected chi connectivity index (χ3v) is 2.70. The first kappa shape index (κ1) is 12.3. The lowest BCUT2D eigenvalue weighted by Gasteiger charge is -2.09. The highest BCUT2D eigenvalue weighted by Crippen LogP contribution is 1.89. The summed E-state index contributed by atoms with van der Waals surface area (Å²) in [5.74, 6) is -1.44. The van der Waals surface area contributed by atoms with Crippen molar-refractivity contribution in [1.29, 1.82) is 0 Å². The van der Waals surface area contributed by atoms with Crippen LogP contribution in [0.15, 0.2) is 0 Å². The van der Waals surface area contributed by atoms with Crippen LogP contribution < -0.4 is 4.72 Å². The van der Waals surface area contributed by atoms with Crippen LogP contribution in [-0.4, -0.2) is 45.0 Å². The van der Waals surface area contributed by atoms with E-state index in [-0.39, 0.29) is 12.4 Å². The molecule has 0 fully saturated rings. The van der Waals surface area contributed by atoms with Crippen molar-refractivity contribution in [1.82, 2.24) is 4.72 Å². The molecule has 0 aliphatic heterocycles. The highest BCUT2D eigenvalue weighted by molar-refractivity contribution is 7.89. The van der Waals surface area contributed by atoms with E-state index in [2.05, 4.69) is 4.74 Å². The predicted molar refractivity (Wildman–Crippen MR) is 45.9 cm³/mol. The first-order valence-corrected chi connectivity index (χ1v) is 5.26. The van der Waals surface area contributed by atoms with E-state index in [4.69, 9.17) is 5.11 Å². The Labute approximate surface area is 76.9 Å². The molecule has 6 nitrogen and oxygen atoms in total. The maximum Gasteiger partial charge on any atom is 0.321 e. The smallest absolute Gasteiger partial charge is 0.321 e. The van der Waals surface area contributed by atoms with Gasteiger partial charge in [-0.2, -0.15) is 0 Å². The van der Waals surface area contributed by atoms with Crippen LogP contribution >= 0.6 is 0 Å². The highest BCUT2D eigenvalue weighted by atomic mass is 32.2. The van der Waals surface area contributed by atoms with Crippen LogP contribution in [0.4, 0.5) is 0 Å². The number of carboxylic acids is 1. The molecular weight excluding hydrogens is 198 g/mol. The highest BCUT2D eigenvalue weighted by Gasteiger charge is 2.18. The Morgan fingerprint density at radius 1 is 1.62 bits per heavy atom. The molecule has 0 aliphatic rings. The molecule has 0 radical (unpaired) electrons. The number of nitrogens with one attached hydrogen (secondary N) is 1. The number of carbonyl (C=O) groups is 1. The summed E-state index contributed by atoms with van der Waals surface area (Å²) in [6, 6.07) is -1.11. The molecule has 2 N–H and O–H groups in total. The van der Waals surface area contributed by atoms with Crippen LogP contribution in [0.5, 0.6) is 0 Å². The number of carboxylic acid groups (broad SMARTS) is 1. The van der Waals surface area contributed by atoms with Gasteiger partial charge < -0.3 is 9.84 Å². The molecule has 0 aromatic carbocycles. The van der Waals surface area contributed by atoms with Crippen LogP contribution in [-0.2, 0) is 19.6 Å². The Hall–Kier alpha value is -0.660. The Morgan fingerprint density at radius 3 is 2.54 bits per heavy atom. The van der Waals surface area contributed by atoms with Crippen molar-refractivity contribution in [2.24, 2.45) is 0 Å². The lowest BCUT2D eigenvalue weighted by atomic mass is 10.4. The van der Waals surface area contributed by atoms with Crippen molar-refractivity contribution in [2.75, 3.05) is 19.5 Å². The van der Waals surface area contributed by atoms with E-state index in [0.29, 0.717) is 0 Å². The third-order valence-electron chi connectivity index (χ3n) is 1.28. The van der Waals surface area contributed by atoms with Crippen LogP contribution in [0.25, 0.3) is 0 Å². The average Bonchev–Trinajstić information content (AvgIpc) is 2.00. The Morgan fingerprint density at radius 2 is 2.15 bits per heavy atom. The van der Waals surface area contributed by atoms with E-state index in [9.17, 15) is 13.2 Å². The minimum atomic E-state index is -3.54. The third kappa shape index (κ3) is 5.56. The largest absolute Gasteiger partial charge is 0.480 e. The molecule has 0 amide bonds. The van der Waals surface area contributed by atoms with Crippen LogP contribution in [0.2, 0.25) is 0 Å². The molecule has 0 aromatic rings. The van der Waals surface area contributed by atoms with E-state index in [1.165, 1.54) is 14.0 Å². The minimum Gasteiger partial charge on any atom is -0.480 e. The number of aliphatic carboxylic acids is 1. The summed E-state index contributed by atoms with van der Waals surface area (Å²) >= 11 is 0. The van der Waals surface area contributed by atoms with Gasteiger partial charge in [-0.05, 0) is 6.92 Å².